The molecular weight excluding hydrogens is 193 g/mol. The molecule has 15 heavy (non-hydrogen) atoms. The van der Waals surface area contributed by atoms with Gasteiger partial charge in [-0.2, -0.15) is 0 Å². The maximum Gasteiger partial charge on any atom is 0.124 e. The predicted molar refractivity (Wildman–Crippen MR) is 59.1 cm³/mol. The molecule has 1 aromatic rings. The van der Waals surface area contributed by atoms with E-state index in [-0.39, 0.29) is 5.82 Å². The van der Waals surface area contributed by atoms with Crippen molar-refractivity contribution in [1.82, 2.24) is 0 Å². The molecule has 1 aromatic carbocycles. The van der Waals surface area contributed by atoms with E-state index < -0.39 is 0 Å². The first-order valence-electron chi connectivity index (χ1n) is 4.78. The molecule has 0 aliphatic heterocycles. The number of benzene rings is 1. The van der Waals surface area contributed by atoms with Gasteiger partial charge in [0.05, 0.1) is 5.71 Å². The van der Waals surface area contributed by atoms with Gasteiger partial charge in [-0.3, -0.25) is 0 Å². The molecule has 0 saturated carbocycles. The quantitative estimate of drug-likeness (QED) is 0.420. The Morgan fingerprint density at radius 1 is 1.40 bits per heavy atom. The second kappa shape index (κ2) is 5.29. The maximum absolute atomic E-state index is 12.7. The van der Waals surface area contributed by atoms with Crippen LogP contribution in [0.2, 0.25) is 0 Å². The van der Waals surface area contributed by atoms with Crippen LogP contribution in [0.1, 0.15) is 25.8 Å². The van der Waals surface area contributed by atoms with Crippen molar-refractivity contribution >= 4 is 5.71 Å². The van der Waals surface area contributed by atoms with Crippen molar-refractivity contribution < 1.29 is 9.23 Å². The second-order valence-corrected chi connectivity index (χ2v) is 3.19. The van der Waals surface area contributed by atoms with Crippen molar-refractivity contribution in [3.8, 4) is 0 Å². The SMILES string of the molecule is C=C(C)O/N=C(\CC)c1ccc(F)cc1. The molecule has 0 atom stereocenters. The summed E-state index contributed by atoms with van der Waals surface area (Å²) in [5.74, 6) is 0.276. The molecule has 0 aliphatic carbocycles. The van der Waals surface area contributed by atoms with Gasteiger partial charge in [-0.05, 0) is 31.0 Å². The van der Waals surface area contributed by atoms with Gasteiger partial charge in [-0.1, -0.05) is 30.8 Å². The summed E-state index contributed by atoms with van der Waals surface area (Å²) in [7, 11) is 0. The minimum Gasteiger partial charge on any atom is -0.362 e. The molecule has 2 nitrogen and oxygen atoms in total. The Balaban J connectivity index is 2.87. The molecule has 0 radical (unpaired) electrons. The number of hydrogen-bond acceptors (Lipinski definition) is 2. The van der Waals surface area contributed by atoms with Crippen LogP contribution < -0.4 is 0 Å². The lowest BCUT2D eigenvalue weighted by Crippen LogP contribution is -2.00. The molecule has 0 amide bonds. The lowest BCUT2D eigenvalue weighted by atomic mass is 10.1. The van der Waals surface area contributed by atoms with Crippen molar-refractivity contribution in [2.45, 2.75) is 20.3 Å². The van der Waals surface area contributed by atoms with Crippen LogP contribution >= 0.6 is 0 Å². The predicted octanol–water partition coefficient (Wildman–Crippen LogP) is 3.49. The zero-order valence-corrected chi connectivity index (χ0v) is 8.96. The summed E-state index contributed by atoms with van der Waals surface area (Å²) < 4.78 is 12.7. The first-order chi connectivity index (χ1) is 7.13. The fourth-order valence-corrected chi connectivity index (χ4v) is 1.10. The molecule has 1 rings (SSSR count). The van der Waals surface area contributed by atoms with E-state index >= 15 is 0 Å². The van der Waals surface area contributed by atoms with Gasteiger partial charge in [-0.15, -0.1) is 0 Å². The summed E-state index contributed by atoms with van der Waals surface area (Å²) in [5, 5.41) is 3.94. The van der Waals surface area contributed by atoms with E-state index in [1.807, 2.05) is 6.92 Å². The van der Waals surface area contributed by atoms with Gasteiger partial charge in [0.15, 0.2) is 0 Å². The summed E-state index contributed by atoms with van der Waals surface area (Å²) in [6, 6.07) is 6.17. The zero-order valence-electron chi connectivity index (χ0n) is 8.96. The van der Waals surface area contributed by atoms with E-state index in [0.717, 1.165) is 17.7 Å². The molecule has 0 saturated heterocycles. The monoisotopic (exact) mass is 207 g/mol. The van der Waals surface area contributed by atoms with Gasteiger partial charge < -0.3 is 4.84 Å². The standard InChI is InChI=1S/C12H14FNO/c1-4-12(14-15-9(2)3)10-5-7-11(13)8-6-10/h5-8H,2,4H2,1,3H3/b14-12+. The summed E-state index contributed by atoms with van der Waals surface area (Å²) in [6.07, 6.45) is 0.721. The number of allylic oxidation sites excluding steroid dienone is 1. The molecule has 0 heterocycles. The van der Waals surface area contributed by atoms with E-state index in [0.29, 0.717) is 5.76 Å². The third kappa shape index (κ3) is 3.54. The Bertz CT molecular complexity index is 368. The highest BCUT2D eigenvalue weighted by Gasteiger charge is 2.02. The van der Waals surface area contributed by atoms with Crippen molar-refractivity contribution in [2.24, 2.45) is 5.16 Å². The fourth-order valence-electron chi connectivity index (χ4n) is 1.10. The highest BCUT2D eigenvalue weighted by Crippen LogP contribution is 2.08. The van der Waals surface area contributed by atoms with Crippen molar-refractivity contribution in [3.63, 3.8) is 0 Å². The van der Waals surface area contributed by atoms with Crippen molar-refractivity contribution in [2.75, 3.05) is 0 Å². The molecule has 0 fully saturated rings. The lowest BCUT2D eigenvalue weighted by Gasteiger charge is -2.03. The Morgan fingerprint density at radius 3 is 2.47 bits per heavy atom. The van der Waals surface area contributed by atoms with Crippen molar-refractivity contribution in [1.29, 1.82) is 0 Å². The van der Waals surface area contributed by atoms with Gasteiger partial charge in [-0.25, -0.2) is 4.39 Å². The number of oxime groups is 1. The highest BCUT2D eigenvalue weighted by molar-refractivity contribution is 5.99. The van der Waals surface area contributed by atoms with Gasteiger partial charge in [0, 0.05) is 0 Å². The number of halogens is 1. The van der Waals surface area contributed by atoms with Crippen LogP contribution in [-0.2, 0) is 4.84 Å². The number of hydrogen-bond donors (Lipinski definition) is 0. The first kappa shape index (κ1) is 11.4. The summed E-state index contributed by atoms with van der Waals surface area (Å²) in [5.41, 5.74) is 1.64. The minimum absolute atomic E-state index is 0.255. The third-order valence-electron chi connectivity index (χ3n) is 1.82. The average molecular weight is 207 g/mol. The minimum atomic E-state index is -0.255. The van der Waals surface area contributed by atoms with Crippen molar-refractivity contribution in [3.05, 3.63) is 48.0 Å². The Kier molecular flexibility index (Phi) is 4.03. The lowest BCUT2D eigenvalue weighted by molar-refractivity contribution is 0.231. The van der Waals surface area contributed by atoms with Gasteiger partial charge in [0.1, 0.15) is 11.6 Å². The van der Waals surface area contributed by atoms with E-state index in [1.54, 1.807) is 19.1 Å². The molecule has 0 N–H and O–H groups in total. The number of rotatable bonds is 4. The molecule has 80 valence electrons. The molecule has 3 heteroatoms. The summed E-state index contributed by atoms with van der Waals surface area (Å²) >= 11 is 0. The largest absolute Gasteiger partial charge is 0.362 e. The molecule has 0 spiro atoms. The zero-order chi connectivity index (χ0) is 11.3. The topological polar surface area (TPSA) is 21.6 Å². The van der Waals surface area contributed by atoms with Crippen LogP contribution in [-0.4, -0.2) is 5.71 Å². The Hall–Kier alpha value is -1.64. The summed E-state index contributed by atoms with van der Waals surface area (Å²) in [4.78, 5) is 4.98. The smallest absolute Gasteiger partial charge is 0.124 e. The molecule has 0 bridgehead atoms. The fraction of sp³-hybridized carbons (Fsp3) is 0.250. The summed E-state index contributed by atoms with van der Waals surface area (Å²) in [6.45, 7) is 7.27. The molecule has 0 aromatic heterocycles. The van der Waals surface area contributed by atoms with Crippen LogP contribution in [0, 0.1) is 5.82 Å². The maximum atomic E-state index is 12.7. The normalized spacial score (nSPS) is 11.3. The highest BCUT2D eigenvalue weighted by atomic mass is 19.1. The Labute approximate surface area is 89.1 Å². The van der Waals surface area contributed by atoms with Crippen LogP contribution in [0.4, 0.5) is 4.39 Å². The molecule has 0 aliphatic rings. The van der Waals surface area contributed by atoms with E-state index in [4.69, 9.17) is 4.84 Å². The van der Waals surface area contributed by atoms with Gasteiger partial charge >= 0.3 is 0 Å². The molecular formula is C12H14FNO. The average Bonchev–Trinajstić information content (AvgIpc) is 2.21. The van der Waals surface area contributed by atoms with Gasteiger partial charge in [0.2, 0.25) is 0 Å². The third-order valence-corrected chi connectivity index (χ3v) is 1.82. The Morgan fingerprint density at radius 2 is 2.00 bits per heavy atom. The van der Waals surface area contributed by atoms with Crippen LogP contribution in [0.3, 0.4) is 0 Å². The van der Waals surface area contributed by atoms with E-state index in [1.165, 1.54) is 12.1 Å². The van der Waals surface area contributed by atoms with Crippen LogP contribution in [0.25, 0.3) is 0 Å². The number of nitrogens with zero attached hydrogens (tertiary/aromatic N) is 1. The van der Waals surface area contributed by atoms with E-state index in [2.05, 4.69) is 11.7 Å². The second-order valence-electron chi connectivity index (χ2n) is 3.19. The van der Waals surface area contributed by atoms with Gasteiger partial charge in [0.25, 0.3) is 0 Å². The first-order valence-corrected chi connectivity index (χ1v) is 4.78. The molecule has 0 unspecified atom stereocenters. The van der Waals surface area contributed by atoms with E-state index in [9.17, 15) is 4.39 Å². The van der Waals surface area contributed by atoms with Crippen LogP contribution in [0.5, 0.6) is 0 Å². The van der Waals surface area contributed by atoms with Crippen LogP contribution in [0.15, 0.2) is 41.8 Å².